The number of carbonyl (C=O) groups excluding carboxylic acids is 2. The number of carboxylic acid groups (broad SMARTS) is 1. The van der Waals surface area contributed by atoms with Crippen LogP contribution in [0.1, 0.15) is 37.0 Å². The first-order chi connectivity index (χ1) is 9.88. The first-order valence-corrected chi connectivity index (χ1v) is 6.76. The lowest BCUT2D eigenvalue weighted by molar-refractivity contribution is -0.137. The molecule has 21 heavy (non-hydrogen) atoms. The highest BCUT2D eigenvalue weighted by molar-refractivity contribution is 5.95. The first-order valence-electron chi connectivity index (χ1n) is 6.76. The van der Waals surface area contributed by atoms with Gasteiger partial charge in [-0.25, -0.2) is 0 Å². The molecule has 3 N–H and O–H groups in total. The quantitative estimate of drug-likeness (QED) is 0.715. The highest BCUT2D eigenvalue weighted by Crippen LogP contribution is 2.10. The molecule has 1 unspecified atom stereocenters. The summed E-state index contributed by atoms with van der Waals surface area (Å²) in [4.78, 5) is 33.2. The Morgan fingerprint density at radius 2 is 1.81 bits per heavy atom. The van der Waals surface area contributed by atoms with Gasteiger partial charge in [0.15, 0.2) is 0 Å². The van der Waals surface area contributed by atoms with E-state index in [-0.39, 0.29) is 24.2 Å². The summed E-state index contributed by atoms with van der Waals surface area (Å²) >= 11 is 0. The van der Waals surface area contributed by atoms with Gasteiger partial charge in [0.1, 0.15) is 0 Å². The predicted octanol–water partition coefficient (Wildman–Crippen LogP) is 1.88. The molecule has 0 heterocycles. The van der Waals surface area contributed by atoms with Crippen LogP contribution in [0.2, 0.25) is 0 Å². The summed E-state index contributed by atoms with van der Waals surface area (Å²) in [6, 6.07) is 6.57. The van der Waals surface area contributed by atoms with Gasteiger partial charge in [-0.1, -0.05) is 6.92 Å². The number of carbonyl (C=O) groups is 3. The average Bonchev–Trinajstić information content (AvgIpc) is 2.42. The lowest BCUT2D eigenvalue weighted by Crippen LogP contribution is -2.28. The molecule has 0 aromatic heterocycles. The molecule has 6 heteroatoms. The summed E-state index contributed by atoms with van der Waals surface area (Å²) in [6.45, 7) is 3.74. The molecule has 0 saturated carbocycles. The predicted molar refractivity (Wildman–Crippen MR) is 79.1 cm³/mol. The van der Waals surface area contributed by atoms with Gasteiger partial charge in [0.25, 0.3) is 5.91 Å². The normalized spacial score (nSPS) is 11.5. The minimum atomic E-state index is -0.832. The van der Waals surface area contributed by atoms with Crippen LogP contribution in [0.3, 0.4) is 0 Å². The number of amides is 2. The third kappa shape index (κ3) is 6.56. The van der Waals surface area contributed by atoms with E-state index in [9.17, 15) is 14.4 Å². The second kappa shape index (κ2) is 8.04. The Morgan fingerprint density at radius 3 is 2.33 bits per heavy atom. The molecule has 6 nitrogen and oxygen atoms in total. The zero-order valence-corrected chi connectivity index (χ0v) is 12.2. The molecular formula is C15H20N2O4. The third-order valence-corrected chi connectivity index (χ3v) is 2.93. The Bertz CT molecular complexity index is 511. The number of hydrogen-bond acceptors (Lipinski definition) is 3. The van der Waals surface area contributed by atoms with Crippen molar-refractivity contribution in [2.45, 2.75) is 26.7 Å². The molecule has 0 fully saturated rings. The van der Waals surface area contributed by atoms with Crippen LogP contribution in [-0.2, 0) is 9.59 Å². The van der Waals surface area contributed by atoms with Crippen molar-refractivity contribution < 1.29 is 19.5 Å². The minimum absolute atomic E-state index is 0.0997. The van der Waals surface area contributed by atoms with E-state index in [0.717, 1.165) is 0 Å². The van der Waals surface area contributed by atoms with Crippen LogP contribution < -0.4 is 10.6 Å². The number of benzene rings is 1. The van der Waals surface area contributed by atoms with E-state index < -0.39 is 5.97 Å². The zero-order chi connectivity index (χ0) is 15.8. The second-order valence-electron chi connectivity index (χ2n) is 5.01. The van der Waals surface area contributed by atoms with Crippen molar-refractivity contribution in [2.75, 3.05) is 11.9 Å². The fourth-order valence-electron chi connectivity index (χ4n) is 1.75. The summed E-state index contributed by atoms with van der Waals surface area (Å²) in [5.41, 5.74) is 1.13. The fraction of sp³-hybridized carbons (Fsp3) is 0.400. The van der Waals surface area contributed by atoms with Crippen LogP contribution in [0.5, 0.6) is 0 Å². The third-order valence-electron chi connectivity index (χ3n) is 2.93. The summed E-state index contributed by atoms with van der Waals surface area (Å²) in [6.07, 6.45) is 0.625. The van der Waals surface area contributed by atoms with E-state index in [1.807, 2.05) is 6.92 Å². The van der Waals surface area contributed by atoms with Crippen LogP contribution >= 0.6 is 0 Å². The monoisotopic (exact) mass is 292 g/mol. The summed E-state index contributed by atoms with van der Waals surface area (Å²) in [7, 11) is 0. The van der Waals surface area contributed by atoms with Crippen molar-refractivity contribution in [3.63, 3.8) is 0 Å². The van der Waals surface area contributed by atoms with Gasteiger partial charge in [0, 0.05) is 31.1 Å². The van der Waals surface area contributed by atoms with Gasteiger partial charge in [-0.15, -0.1) is 0 Å². The molecule has 0 aliphatic carbocycles. The van der Waals surface area contributed by atoms with Gasteiger partial charge in [0.05, 0.1) is 0 Å². The summed E-state index contributed by atoms with van der Waals surface area (Å²) < 4.78 is 0. The fourth-order valence-corrected chi connectivity index (χ4v) is 1.75. The molecule has 1 atom stereocenters. The molecular weight excluding hydrogens is 272 g/mol. The van der Waals surface area contributed by atoms with Gasteiger partial charge in [0.2, 0.25) is 5.91 Å². The highest BCUT2D eigenvalue weighted by atomic mass is 16.4. The molecule has 0 aliphatic heterocycles. The lowest BCUT2D eigenvalue weighted by atomic mass is 10.1. The Morgan fingerprint density at radius 1 is 1.19 bits per heavy atom. The van der Waals surface area contributed by atoms with Crippen molar-refractivity contribution in [1.82, 2.24) is 5.32 Å². The number of rotatable bonds is 7. The van der Waals surface area contributed by atoms with Gasteiger partial charge in [-0.3, -0.25) is 14.4 Å². The Hall–Kier alpha value is -2.37. The number of anilines is 1. The molecule has 1 rings (SSSR count). The van der Waals surface area contributed by atoms with Gasteiger partial charge < -0.3 is 15.7 Å². The van der Waals surface area contributed by atoms with Crippen molar-refractivity contribution >= 4 is 23.5 Å². The van der Waals surface area contributed by atoms with Crippen LogP contribution in [0.15, 0.2) is 24.3 Å². The van der Waals surface area contributed by atoms with E-state index in [4.69, 9.17) is 5.11 Å². The van der Waals surface area contributed by atoms with E-state index in [0.29, 0.717) is 24.2 Å². The largest absolute Gasteiger partial charge is 0.481 e. The Kier molecular flexibility index (Phi) is 6.39. The minimum Gasteiger partial charge on any atom is -0.481 e. The molecule has 1 aromatic carbocycles. The van der Waals surface area contributed by atoms with E-state index >= 15 is 0 Å². The summed E-state index contributed by atoms with van der Waals surface area (Å²) in [5, 5.41) is 14.0. The van der Waals surface area contributed by atoms with Crippen molar-refractivity contribution in [2.24, 2.45) is 5.92 Å². The number of carboxylic acids is 1. The van der Waals surface area contributed by atoms with Gasteiger partial charge in [-0.05, 0) is 36.6 Å². The molecule has 0 bridgehead atoms. The SMILES string of the molecule is CC(=O)Nc1ccc(C(=O)NCC(C)CCC(=O)O)cc1. The molecule has 114 valence electrons. The number of hydrogen-bond donors (Lipinski definition) is 3. The molecule has 0 aliphatic rings. The van der Waals surface area contributed by atoms with Gasteiger partial charge >= 0.3 is 5.97 Å². The standard InChI is InChI=1S/C15H20N2O4/c1-10(3-8-14(19)20)9-16-15(21)12-4-6-13(7-5-12)17-11(2)18/h4-7,10H,3,8-9H2,1-2H3,(H,16,21)(H,17,18)(H,19,20). The van der Waals surface area contributed by atoms with Crippen LogP contribution in [0.4, 0.5) is 5.69 Å². The van der Waals surface area contributed by atoms with Crippen molar-refractivity contribution in [3.05, 3.63) is 29.8 Å². The van der Waals surface area contributed by atoms with Crippen LogP contribution in [-0.4, -0.2) is 29.4 Å². The second-order valence-corrected chi connectivity index (χ2v) is 5.01. The Labute approximate surface area is 123 Å². The van der Waals surface area contributed by atoms with Crippen LogP contribution in [0.25, 0.3) is 0 Å². The molecule has 0 radical (unpaired) electrons. The maximum atomic E-state index is 11.9. The Balaban J connectivity index is 2.44. The lowest BCUT2D eigenvalue weighted by Gasteiger charge is -2.11. The van der Waals surface area contributed by atoms with Crippen LogP contribution in [0, 0.1) is 5.92 Å². The van der Waals surface area contributed by atoms with Crippen molar-refractivity contribution in [1.29, 1.82) is 0 Å². The molecule has 0 saturated heterocycles. The topological polar surface area (TPSA) is 95.5 Å². The molecule has 1 aromatic rings. The highest BCUT2D eigenvalue weighted by Gasteiger charge is 2.09. The maximum absolute atomic E-state index is 11.9. The number of nitrogens with one attached hydrogen (secondary N) is 2. The van der Waals surface area contributed by atoms with Crippen molar-refractivity contribution in [3.8, 4) is 0 Å². The van der Waals surface area contributed by atoms with E-state index in [2.05, 4.69) is 10.6 Å². The van der Waals surface area contributed by atoms with Gasteiger partial charge in [-0.2, -0.15) is 0 Å². The molecule has 2 amide bonds. The van der Waals surface area contributed by atoms with E-state index in [1.54, 1.807) is 24.3 Å². The average molecular weight is 292 g/mol. The van der Waals surface area contributed by atoms with E-state index in [1.165, 1.54) is 6.92 Å². The maximum Gasteiger partial charge on any atom is 0.303 e. The number of aliphatic carboxylic acids is 1. The smallest absolute Gasteiger partial charge is 0.303 e. The molecule has 0 spiro atoms. The summed E-state index contributed by atoms with van der Waals surface area (Å²) in [5.74, 6) is -1.11. The zero-order valence-electron chi connectivity index (χ0n) is 12.2. The first kappa shape index (κ1) is 16.7.